The fourth-order valence-electron chi connectivity index (χ4n) is 4.47. The van der Waals surface area contributed by atoms with Crippen molar-refractivity contribution in [2.75, 3.05) is 6.54 Å². The Kier molecular flexibility index (Phi) is 4.36. The summed E-state index contributed by atoms with van der Waals surface area (Å²) in [7, 11) is 0. The summed E-state index contributed by atoms with van der Waals surface area (Å²) in [6.07, 6.45) is 9.77. The lowest BCUT2D eigenvalue weighted by Gasteiger charge is -2.24. The van der Waals surface area contributed by atoms with E-state index in [0.29, 0.717) is 6.04 Å². The van der Waals surface area contributed by atoms with Crippen LogP contribution in [-0.2, 0) is 0 Å². The number of hydrogen-bond donors (Lipinski definition) is 1. The van der Waals surface area contributed by atoms with Gasteiger partial charge in [0.2, 0.25) is 0 Å². The van der Waals surface area contributed by atoms with Gasteiger partial charge in [0.15, 0.2) is 0 Å². The number of pyridine rings is 2. The predicted molar refractivity (Wildman–Crippen MR) is 124 cm³/mol. The Balaban J connectivity index is 1.34. The van der Waals surface area contributed by atoms with Gasteiger partial charge < -0.3 is 5.32 Å². The van der Waals surface area contributed by atoms with Crippen molar-refractivity contribution in [3.63, 3.8) is 0 Å². The number of thiophene rings is 1. The van der Waals surface area contributed by atoms with Crippen molar-refractivity contribution in [2.24, 2.45) is 0 Å². The van der Waals surface area contributed by atoms with Crippen LogP contribution in [0.4, 0.5) is 0 Å². The Labute approximate surface area is 179 Å². The van der Waals surface area contributed by atoms with Crippen LogP contribution in [0.25, 0.3) is 38.2 Å². The fourth-order valence-corrected chi connectivity index (χ4v) is 5.37. The maximum Gasteiger partial charge on any atom is 0.137 e. The molecular formula is C25H22N4S. The highest BCUT2D eigenvalue weighted by Gasteiger charge is 2.15. The zero-order chi connectivity index (χ0) is 19.9. The van der Waals surface area contributed by atoms with Crippen LogP contribution in [0.2, 0.25) is 0 Å². The number of piperidine rings is 1. The highest BCUT2D eigenvalue weighted by atomic mass is 32.1. The highest BCUT2D eigenvalue weighted by molar-refractivity contribution is 7.17. The normalized spacial score (nSPS) is 17.0. The molecule has 5 heteroatoms. The third-order valence-corrected chi connectivity index (χ3v) is 7.00. The van der Waals surface area contributed by atoms with E-state index in [1.54, 1.807) is 11.3 Å². The molecule has 4 aromatic heterocycles. The quantitative estimate of drug-likeness (QED) is 0.391. The standard InChI is InChI=1S/C25H22N4S/c1-2-11-26-22(5-1)18-8-6-17(7-9-18)19-10-13-29-23(15-28-24(29)14-19)21-16-30-25-20(21)4-3-12-27-25/h3-4,6-10,12-16,22,26H,1-2,5,11H2. The molecule has 0 aliphatic carbocycles. The number of fused-ring (bicyclic) bond motifs is 2. The van der Waals surface area contributed by atoms with Crippen LogP contribution in [0.5, 0.6) is 0 Å². The fraction of sp³-hybridized carbons (Fsp3) is 0.200. The molecule has 1 fully saturated rings. The zero-order valence-electron chi connectivity index (χ0n) is 16.6. The van der Waals surface area contributed by atoms with E-state index in [2.05, 4.69) is 68.7 Å². The van der Waals surface area contributed by atoms with Crippen LogP contribution in [0.1, 0.15) is 30.9 Å². The number of hydrogen-bond acceptors (Lipinski definition) is 4. The first-order valence-electron chi connectivity index (χ1n) is 10.5. The molecule has 148 valence electrons. The third-order valence-electron chi connectivity index (χ3n) is 6.10. The Bertz CT molecular complexity index is 1330. The van der Waals surface area contributed by atoms with Gasteiger partial charge in [-0.25, -0.2) is 9.97 Å². The summed E-state index contributed by atoms with van der Waals surface area (Å²) >= 11 is 1.68. The van der Waals surface area contributed by atoms with E-state index < -0.39 is 0 Å². The van der Waals surface area contributed by atoms with Crippen molar-refractivity contribution in [1.29, 1.82) is 0 Å². The second-order valence-corrected chi connectivity index (χ2v) is 8.78. The smallest absolute Gasteiger partial charge is 0.137 e. The molecule has 0 amide bonds. The van der Waals surface area contributed by atoms with Crippen molar-refractivity contribution in [3.05, 3.63) is 78.1 Å². The van der Waals surface area contributed by atoms with E-state index in [1.807, 2.05) is 18.5 Å². The number of nitrogens with zero attached hydrogens (tertiary/aromatic N) is 3. The average molecular weight is 411 g/mol. The minimum atomic E-state index is 0.500. The minimum absolute atomic E-state index is 0.500. The number of aromatic nitrogens is 3. The third kappa shape index (κ3) is 3.02. The van der Waals surface area contributed by atoms with Crippen LogP contribution in [0, 0.1) is 0 Å². The van der Waals surface area contributed by atoms with Crippen LogP contribution in [0.15, 0.2) is 72.5 Å². The van der Waals surface area contributed by atoms with E-state index in [9.17, 15) is 0 Å². The molecule has 0 saturated carbocycles. The molecular weight excluding hydrogens is 388 g/mol. The predicted octanol–water partition coefficient (Wildman–Crippen LogP) is 6.09. The molecule has 4 nitrogen and oxygen atoms in total. The first kappa shape index (κ1) is 17.8. The Morgan fingerprint density at radius 2 is 1.93 bits per heavy atom. The zero-order valence-corrected chi connectivity index (χ0v) is 17.4. The number of nitrogens with one attached hydrogen (secondary N) is 1. The molecule has 1 aliphatic rings. The molecule has 1 N–H and O–H groups in total. The molecule has 30 heavy (non-hydrogen) atoms. The van der Waals surface area contributed by atoms with Crippen LogP contribution in [-0.4, -0.2) is 20.9 Å². The summed E-state index contributed by atoms with van der Waals surface area (Å²) in [5.74, 6) is 0. The molecule has 1 aliphatic heterocycles. The van der Waals surface area contributed by atoms with E-state index in [1.165, 1.54) is 46.9 Å². The van der Waals surface area contributed by atoms with E-state index >= 15 is 0 Å². The first-order chi connectivity index (χ1) is 14.9. The largest absolute Gasteiger partial charge is 0.310 e. The summed E-state index contributed by atoms with van der Waals surface area (Å²) in [4.78, 5) is 10.2. The Morgan fingerprint density at radius 3 is 2.80 bits per heavy atom. The highest BCUT2D eigenvalue weighted by Crippen LogP contribution is 2.34. The monoisotopic (exact) mass is 410 g/mol. The molecule has 1 aromatic carbocycles. The van der Waals surface area contributed by atoms with Crippen molar-refractivity contribution < 1.29 is 0 Å². The maximum absolute atomic E-state index is 4.70. The van der Waals surface area contributed by atoms with Gasteiger partial charge >= 0.3 is 0 Å². The summed E-state index contributed by atoms with van der Waals surface area (Å²) in [5, 5.41) is 6.99. The van der Waals surface area contributed by atoms with E-state index in [-0.39, 0.29) is 0 Å². The van der Waals surface area contributed by atoms with Crippen LogP contribution in [0.3, 0.4) is 0 Å². The van der Waals surface area contributed by atoms with E-state index in [0.717, 1.165) is 22.7 Å². The lowest BCUT2D eigenvalue weighted by atomic mass is 9.95. The Morgan fingerprint density at radius 1 is 1.00 bits per heavy atom. The van der Waals surface area contributed by atoms with Gasteiger partial charge in [-0.3, -0.25) is 4.40 Å². The molecule has 5 aromatic rings. The number of imidazole rings is 1. The van der Waals surface area contributed by atoms with Gasteiger partial charge in [0.25, 0.3) is 0 Å². The SMILES string of the molecule is c1cnc2scc(-c3cnc4cc(-c5ccc(C6CCCCN6)cc5)ccn34)c2c1. The number of rotatable bonds is 3. The Hall–Kier alpha value is -3.02. The lowest BCUT2D eigenvalue weighted by molar-refractivity contribution is 0.412. The van der Waals surface area contributed by atoms with Gasteiger partial charge in [-0.15, -0.1) is 11.3 Å². The van der Waals surface area contributed by atoms with Crippen molar-refractivity contribution in [1.82, 2.24) is 19.7 Å². The van der Waals surface area contributed by atoms with Crippen LogP contribution < -0.4 is 5.32 Å². The first-order valence-corrected chi connectivity index (χ1v) is 11.4. The van der Waals surface area contributed by atoms with E-state index in [4.69, 9.17) is 4.98 Å². The number of benzene rings is 1. The molecule has 1 atom stereocenters. The van der Waals surface area contributed by atoms with Gasteiger partial charge in [-0.05, 0) is 60.3 Å². The van der Waals surface area contributed by atoms with Gasteiger partial charge in [0.05, 0.1) is 11.9 Å². The van der Waals surface area contributed by atoms with Gasteiger partial charge in [0.1, 0.15) is 10.5 Å². The molecule has 0 radical (unpaired) electrons. The topological polar surface area (TPSA) is 42.2 Å². The van der Waals surface area contributed by atoms with Crippen molar-refractivity contribution in [2.45, 2.75) is 25.3 Å². The lowest BCUT2D eigenvalue weighted by Crippen LogP contribution is -2.26. The van der Waals surface area contributed by atoms with Gasteiger partial charge in [0, 0.05) is 34.8 Å². The van der Waals surface area contributed by atoms with Gasteiger partial charge in [-0.2, -0.15) is 0 Å². The maximum atomic E-state index is 4.70. The molecule has 0 bridgehead atoms. The average Bonchev–Trinajstić information content (AvgIpc) is 3.43. The van der Waals surface area contributed by atoms with Crippen molar-refractivity contribution >= 4 is 27.2 Å². The molecule has 6 rings (SSSR count). The summed E-state index contributed by atoms with van der Waals surface area (Å²) in [5.41, 5.74) is 7.07. The second-order valence-electron chi connectivity index (χ2n) is 7.92. The molecule has 5 heterocycles. The summed E-state index contributed by atoms with van der Waals surface area (Å²) in [6, 6.07) is 18.0. The molecule has 1 saturated heterocycles. The van der Waals surface area contributed by atoms with Crippen LogP contribution >= 0.6 is 11.3 Å². The molecule has 0 spiro atoms. The summed E-state index contributed by atoms with van der Waals surface area (Å²) in [6.45, 7) is 1.13. The molecule has 1 unspecified atom stereocenters. The van der Waals surface area contributed by atoms with Gasteiger partial charge in [-0.1, -0.05) is 30.7 Å². The summed E-state index contributed by atoms with van der Waals surface area (Å²) < 4.78 is 2.16. The minimum Gasteiger partial charge on any atom is -0.310 e. The second kappa shape index (κ2) is 7.35. The van der Waals surface area contributed by atoms with Crippen molar-refractivity contribution in [3.8, 4) is 22.4 Å².